The molecule has 21 heavy (non-hydrogen) atoms. The van der Waals surface area contributed by atoms with E-state index in [-0.39, 0.29) is 5.97 Å². The molecule has 6 nitrogen and oxygen atoms in total. The number of ether oxygens (including phenoxy) is 1. The van der Waals surface area contributed by atoms with Gasteiger partial charge in [0.05, 0.1) is 17.9 Å². The molecule has 6 heteroatoms. The van der Waals surface area contributed by atoms with E-state index in [0.29, 0.717) is 36.4 Å². The molecule has 2 rings (SSSR count). The molecule has 1 fully saturated rings. The molecular weight excluding hydrogens is 268 g/mol. The van der Waals surface area contributed by atoms with E-state index in [1.807, 2.05) is 6.92 Å². The Morgan fingerprint density at radius 3 is 3.00 bits per heavy atom. The Morgan fingerprint density at radius 2 is 2.33 bits per heavy atom. The van der Waals surface area contributed by atoms with E-state index in [1.54, 1.807) is 13.1 Å². The van der Waals surface area contributed by atoms with Gasteiger partial charge in [0.1, 0.15) is 0 Å². The van der Waals surface area contributed by atoms with Crippen molar-refractivity contribution < 1.29 is 9.53 Å². The number of piperidine rings is 1. The predicted molar refractivity (Wildman–Crippen MR) is 81.4 cm³/mol. The van der Waals surface area contributed by atoms with Gasteiger partial charge in [0.25, 0.3) is 0 Å². The van der Waals surface area contributed by atoms with Crippen molar-refractivity contribution in [2.75, 3.05) is 24.6 Å². The fraction of sp³-hybridized carbons (Fsp3) is 0.667. The quantitative estimate of drug-likeness (QED) is 0.831. The minimum atomic E-state index is -0.362. The lowest BCUT2D eigenvalue weighted by Crippen LogP contribution is -2.42. The van der Waals surface area contributed by atoms with Gasteiger partial charge in [-0.05, 0) is 46.1 Å². The van der Waals surface area contributed by atoms with Gasteiger partial charge in [-0.3, -0.25) is 0 Å². The number of aromatic nitrogens is 2. The summed E-state index contributed by atoms with van der Waals surface area (Å²) >= 11 is 0. The van der Waals surface area contributed by atoms with Crippen molar-refractivity contribution in [1.29, 1.82) is 0 Å². The lowest BCUT2D eigenvalue weighted by molar-refractivity contribution is 0.0524. The molecule has 1 aromatic heterocycles. The van der Waals surface area contributed by atoms with Crippen molar-refractivity contribution in [2.45, 2.75) is 45.6 Å². The Hall–Kier alpha value is -1.69. The minimum Gasteiger partial charge on any atom is -0.462 e. The molecule has 0 aromatic carbocycles. The topological polar surface area (TPSA) is 81.3 Å². The van der Waals surface area contributed by atoms with Crippen molar-refractivity contribution in [3.05, 3.63) is 17.5 Å². The highest BCUT2D eigenvalue weighted by Gasteiger charge is 2.25. The highest BCUT2D eigenvalue weighted by molar-refractivity contribution is 5.90. The van der Waals surface area contributed by atoms with Gasteiger partial charge in [-0.25, -0.2) is 14.8 Å². The van der Waals surface area contributed by atoms with Crippen molar-refractivity contribution in [2.24, 2.45) is 5.73 Å². The number of carbonyl (C=O) groups excluding carboxylic acids is 1. The van der Waals surface area contributed by atoms with Crippen molar-refractivity contribution in [1.82, 2.24) is 9.97 Å². The molecule has 1 atom stereocenters. The van der Waals surface area contributed by atoms with Crippen LogP contribution < -0.4 is 10.6 Å². The predicted octanol–water partition coefficient (Wildman–Crippen LogP) is 1.67. The van der Waals surface area contributed by atoms with E-state index >= 15 is 0 Å². The summed E-state index contributed by atoms with van der Waals surface area (Å²) in [4.78, 5) is 22.9. The number of carbonyl (C=O) groups is 1. The van der Waals surface area contributed by atoms with E-state index in [0.717, 1.165) is 25.8 Å². The first kappa shape index (κ1) is 15.7. The number of rotatable bonds is 5. The third-order valence-electron chi connectivity index (χ3n) is 3.85. The Labute approximate surface area is 125 Å². The molecule has 1 aromatic rings. The second kappa shape index (κ2) is 7.36. The lowest BCUT2D eigenvalue weighted by atomic mass is 10.00. The average Bonchev–Trinajstić information content (AvgIpc) is 2.48. The largest absolute Gasteiger partial charge is 0.462 e. The van der Waals surface area contributed by atoms with Gasteiger partial charge in [-0.1, -0.05) is 0 Å². The third kappa shape index (κ3) is 3.69. The number of anilines is 1. The summed E-state index contributed by atoms with van der Waals surface area (Å²) in [5.74, 6) is 0.331. The van der Waals surface area contributed by atoms with E-state index in [4.69, 9.17) is 10.5 Å². The van der Waals surface area contributed by atoms with E-state index < -0.39 is 0 Å². The van der Waals surface area contributed by atoms with Crippen LogP contribution in [0.3, 0.4) is 0 Å². The molecule has 2 N–H and O–H groups in total. The van der Waals surface area contributed by atoms with Crippen LogP contribution in [0.5, 0.6) is 0 Å². The second-order valence-electron chi connectivity index (χ2n) is 5.31. The molecule has 116 valence electrons. The SMILES string of the molecule is CCOC(=O)c1cnc(N2CCCCC2CCN)nc1C. The first-order chi connectivity index (χ1) is 10.2. The Kier molecular flexibility index (Phi) is 5.50. The maximum absolute atomic E-state index is 11.8. The molecule has 1 unspecified atom stereocenters. The van der Waals surface area contributed by atoms with Gasteiger partial charge in [-0.15, -0.1) is 0 Å². The summed E-state index contributed by atoms with van der Waals surface area (Å²) in [6.45, 7) is 5.57. The number of hydrogen-bond donors (Lipinski definition) is 1. The van der Waals surface area contributed by atoms with Gasteiger partial charge in [0.2, 0.25) is 5.95 Å². The number of hydrogen-bond acceptors (Lipinski definition) is 6. The van der Waals surface area contributed by atoms with Gasteiger partial charge in [0.15, 0.2) is 0 Å². The van der Waals surface area contributed by atoms with Crippen molar-refractivity contribution >= 4 is 11.9 Å². The summed E-state index contributed by atoms with van der Waals surface area (Å²) < 4.78 is 5.00. The zero-order valence-corrected chi connectivity index (χ0v) is 12.8. The Bertz CT molecular complexity index is 491. The summed E-state index contributed by atoms with van der Waals surface area (Å²) in [6, 6.07) is 0.400. The van der Waals surface area contributed by atoms with E-state index in [1.165, 1.54) is 6.42 Å². The molecule has 0 spiro atoms. The van der Waals surface area contributed by atoms with Crippen molar-refractivity contribution in [3.63, 3.8) is 0 Å². The maximum atomic E-state index is 11.8. The zero-order valence-electron chi connectivity index (χ0n) is 12.8. The Balaban J connectivity index is 2.19. The fourth-order valence-corrected chi connectivity index (χ4v) is 2.76. The number of esters is 1. The fourth-order valence-electron chi connectivity index (χ4n) is 2.76. The number of nitrogens with zero attached hydrogens (tertiary/aromatic N) is 3. The molecule has 0 aliphatic carbocycles. The standard InChI is InChI=1S/C15H24N4O2/c1-3-21-14(20)13-10-17-15(18-11(13)2)19-9-5-4-6-12(19)7-8-16/h10,12H,3-9,16H2,1-2H3. The van der Waals surface area contributed by atoms with Crippen LogP contribution in [0, 0.1) is 6.92 Å². The summed E-state index contributed by atoms with van der Waals surface area (Å²) in [5, 5.41) is 0. The molecular formula is C15H24N4O2. The summed E-state index contributed by atoms with van der Waals surface area (Å²) in [7, 11) is 0. The summed E-state index contributed by atoms with van der Waals surface area (Å²) in [6.07, 6.45) is 6.01. The molecule has 1 aliphatic rings. The first-order valence-electron chi connectivity index (χ1n) is 7.64. The lowest BCUT2D eigenvalue weighted by Gasteiger charge is -2.35. The molecule has 1 saturated heterocycles. The van der Waals surface area contributed by atoms with Crippen LogP contribution in [0.15, 0.2) is 6.20 Å². The van der Waals surface area contributed by atoms with Crippen LogP contribution in [0.1, 0.15) is 48.7 Å². The third-order valence-corrected chi connectivity index (χ3v) is 3.85. The molecule has 0 saturated carbocycles. The van der Waals surface area contributed by atoms with Crippen molar-refractivity contribution in [3.8, 4) is 0 Å². The van der Waals surface area contributed by atoms with Crippen LogP contribution in [0.2, 0.25) is 0 Å². The zero-order chi connectivity index (χ0) is 15.2. The van der Waals surface area contributed by atoms with Crippen LogP contribution in [0.25, 0.3) is 0 Å². The van der Waals surface area contributed by atoms with Crippen LogP contribution in [-0.2, 0) is 4.74 Å². The molecule has 2 heterocycles. The highest BCUT2D eigenvalue weighted by atomic mass is 16.5. The van der Waals surface area contributed by atoms with Crippen LogP contribution in [0.4, 0.5) is 5.95 Å². The van der Waals surface area contributed by atoms with Gasteiger partial charge in [0, 0.05) is 18.8 Å². The smallest absolute Gasteiger partial charge is 0.341 e. The van der Waals surface area contributed by atoms with Crippen LogP contribution >= 0.6 is 0 Å². The van der Waals surface area contributed by atoms with E-state index in [2.05, 4.69) is 14.9 Å². The summed E-state index contributed by atoms with van der Waals surface area (Å²) in [5.41, 5.74) is 6.80. The Morgan fingerprint density at radius 1 is 1.52 bits per heavy atom. The highest BCUT2D eigenvalue weighted by Crippen LogP contribution is 2.24. The van der Waals surface area contributed by atoms with E-state index in [9.17, 15) is 4.79 Å². The molecule has 1 aliphatic heterocycles. The molecule has 0 bridgehead atoms. The van der Waals surface area contributed by atoms with Gasteiger partial charge >= 0.3 is 5.97 Å². The second-order valence-corrected chi connectivity index (χ2v) is 5.31. The monoisotopic (exact) mass is 292 g/mol. The van der Waals surface area contributed by atoms with Gasteiger partial charge < -0.3 is 15.4 Å². The number of aryl methyl sites for hydroxylation is 1. The molecule has 0 radical (unpaired) electrons. The normalized spacial score (nSPS) is 18.6. The minimum absolute atomic E-state index is 0.352. The average molecular weight is 292 g/mol. The van der Waals surface area contributed by atoms with Gasteiger partial charge in [-0.2, -0.15) is 0 Å². The molecule has 0 amide bonds. The first-order valence-corrected chi connectivity index (χ1v) is 7.64. The van der Waals surface area contributed by atoms with Crippen LogP contribution in [-0.4, -0.2) is 41.7 Å². The number of nitrogens with two attached hydrogens (primary N) is 1. The maximum Gasteiger partial charge on any atom is 0.341 e.